The van der Waals surface area contributed by atoms with Crippen LogP contribution in [0.4, 0.5) is 10.5 Å². The SMILES string of the molecule is CC(C)(C)OC(=O)N1CCC(=O)c2cc(Cc3ccccc3)ccc21. The second-order valence-electron chi connectivity index (χ2n) is 7.32. The molecule has 0 bridgehead atoms. The number of hydrogen-bond donors (Lipinski definition) is 0. The van der Waals surface area contributed by atoms with E-state index in [2.05, 4.69) is 12.1 Å². The van der Waals surface area contributed by atoms with Gasteiger partial charge < -0.3 is 4.74 Å². The molecule has 130 valence electrons. The van der Waals surface area contributed by atoms with Gasteiger partial charge in [0.05, 0.1) is 5.69 Å². The zero-order valence-electron chi connectivity index (χ0n) is 14.9. The molecule has 0 N–H and O–H groups in total. The molecule has 1 aliphatic heterocycles. The van der Waals surface area contributed by atoms with Crippen LogP contribution in [0, 0.1) is 0 Å². The number of nitrogens with zero attached hydrogens (tertiary/aromatic N) is 1. The first-order valence-electron chi connectivity index (χ1n) is 8.54. The van der Waals surface area contributed by atoms with Crippen LogP contribution in [-0.2, 0) is 11.2 Å². The molecule has 0 atom stereocenters. The fourth-order valence-corrected chi connectivity index (χ4v) is 2.96. The molecule has 25 heavy (non-hydrogen) atoms. The van der Waals surface area contributed by atoms with E-state index in [0.717, 1.165) is 12.0 Å². The Kier molecular flexibility index (Phi) is 4.62. The zero-order valence-corrected chi connectivity index (χ0v) is 14.9. The molecule has 2 aromatic carbocycles. The normalized spacial score (nSPS) is 14.2. The van der Waals surface area contributed by atoms with Crippen molar-refractivity contribution in [1.29, 1.82) is 0 Å². The zero-order chi connectivity index (χ0) is 18.0. The van der Waals surface area contributed by atoms with Gasteiger partial charge in [0.25, 0.3) is 0 Å². The van der Waals surface area contributed by atoms with Gasteiger partial charge in [0.2, 0.25) is 0 Å². The number of benzene rings is 2. The summed E-state index contributed by atoms with van der Waals surface area (Å²) in [7, 11) is 0. The van der Waals surface area contributed by atoms with Gasteiger partial charge in [-0.25, -0.2) is 4.79 Å². The molecule has 3 rings (SSSR count). The van der Waals surface area contributed by atoms with Crippen LogP contribution in [0.15, 0.2) is 48.5 Å². The van der Waals surface area contributed by atoms with Gasteiger partial charge in [0, 0.05) is 18.5 Å². The highest BCUT2D eigenvalue weighted by Gasteiger charge is 2.30. The van der Waals surface area contributed by atoms with Crippen molar-refractivity contribution >= 4 is 17.6 Å². The Labute approximate surface area is 148 Å². The third-order valence-electron chi connectivity index (χ3n) is 4.08. The summed E-state index contributed by atoms with van der Waals surface area (Å²) in [5, 5.41) is 0. The Hall–Kier alpha value is -2.62. The van der Waals surface area contributed by atoms with E-state index in [1.54, 1.807) is 4.90 Å². The number of ether oxygens (including phenoxy) is 1. The summed E-state index contributed by atoms with van der Waals surface area (Å²) < 4.78 is 5.47. The summed E-state index contributed by atoms with van der Waals surface area (Å²) >= 11 is 0. The number of Topliss-reactive ketones (excluding diaryl/α,β-unsaturated/α-hetero) is 1. The van der Waals surface area contributed by atoms with Gasteiger partial charge in [-0.2, -0.15) is 0 Å². The smallest absolute Gasteiger partial charge is 0.414 e. The number of amides is 1. The van der Waals surface area contributed by atoms with E-state index in [1.165, 1.54) is 5.56 Å². The largest absolute Gasteiger partial charge is 0.443 e. The van der Waals surface area contributed by atoms with Crippen LogP contribution in [0.2, 0.25) is 0 Å². The molecule has 0 saturated heterocycles. The summed E-state index contributed by atoms with van der Waals surface area (Å²) in [6.07, 6.45) is 0.673. The number of rotatable bonds is 2. The third-order valence-corrected chi connectivity index (χ3v) is 4.08. The molecule has 0 saturated carbocycles. The summed E-state index contributed by atoms with van der Waals surface area (Å²) in [4.78, 5) is 26.4. The average molecular weight is 337 g/mol. The molecular formula is C21H23NO3. The maximum absolute atomic E-state index is 12.5. The number of carbonyl (C=O) groups is 2. The minimum absolute atomic E-state index is 0.0738. The van der Waals surface area contributed by atoms with E-state index in [0.29, 0.717) is 24.2 Å². The molecule has 0 fully saturated rings. The Morgan fingerprint density at radius 2 is 1.80 bits per heavy atom. The van der Waals surface area contributed by atoms with Gasteiger partial charge >= 0.3 is 6.09 Å². The van der Waals surface area contributed by atoms with Crippen molar-refractivity contribution in [1.82, 2.24) is 0 Å². The van der Waals surface area contributed by atoms with Crippen molar-refractivity contribution in [3.05, 3.63) is 65.2 Å². The Morgan fingerprint density at radius 1 is 1.08 bits per heavy atom. The second kappa shape index (κ2) is 6.71. The number of carbonyl (C=O) groups excluding carboxylic acids is 2. The Balaban J connectivity index is 1.88. The van der Waals surface area contributed by atoms with E-state index < -0.39 is 11.7 Å². The number of fused-ring (bicyclic) bond motifs is 1. The van der Waals surface area contributed by atoms with Gasteiger partial charge in [0.15, 0.2) is 5.78 Å². The lowest BCUT2D eigenvalue weighted by Crippen LogP contribution is -2.41. The van der Waals surface area contributed by atoms with E-state index in [-0.39, 0.29) is 5.78 Å². The maximum atomic E-state index is 12.5. The lowest BCUT2D eigenvalue weighted by atomic mass is 9.95. The van der Waals surface area contributed by atoms with E-state index in [1.807, 2.05) is 57.2 Å². The highest BCUT2D eigenvalue weighted by Crippen LogP contribution is 2.30. The quantitative estimate of drug-likeness (QED) is 0.804. The van der Waals surface area contributed by atoms with Gasteiger partial charge in [-0.05, 0) is 50.5 Å². The number of hydrogen-bond acceptors (Lipinski definition) is 3. The summed E-state index contributed by atoms with van der Waals surface area (Å²) in [6, 6.07) is 15.9. The summed E-state index contributed by atoms with van der Waals surface area (Å²) in [6.45, 7) is 5.87. The standard InChI is InChI=1S/C21H23NO3/c1-21(2,3)25-20(24)22-12-11-19(23)17-14-16(9-10-18(17)22)13-15-7-5-4-6-8-15/h4-10,14H,11-13H2,1-3H3. The van der Waals surface area contributed by atoms with Crippen molar-refractivity contribution in [3.8, 4) is 0 Å². The third kappa shape index (κ3) is 4.08. The van der Waals surface area contributed by atoms with Crippen LogP contribution in [0.1, 0.15) is 48.7 Å². The highest BCUT2D eigenvalue weighted by molar-refractivity contribution is 6.07. The predicted octanol–water partition coefficient (Wildman–Crippen LogP) is 4.61. The minimum Gasteiger partial charge on any atom is -0.443 e. The fourth-order valence-electron chi connectivity index (χ4n) is 2.96. The predicted molar refractivity (Wildman–Crippen MR) is 98.2 cm³/mol. The van der Waals surface area contributed by atoms with Crippen molar-refractivity contribution in [3.63, 3.8) is 0 Å². The van der Waals surface area contributed by atoms with E-state index in [4.69, 9.17) is 4.74 Å². The van der Waals surface area contributed by atoms with Crippen LogP contribution >= 0.6 is 0 Å². The fraction of sp³-hybridized carbons (Fsp3) is 0.333. The van der Waals surface area contributed by atoms with Crippen LogP contribution in [0.25, 0.3) is 0 Å². The van der Waals surface area contributed by atoms with Crippen molar-refractivity contribution in [2.24, 2.45) is 0 Å². The first-order valence-corrected chi connectivity index (χ1v) is 8.54. The summed E-state index contributed by atoms with van der Waals surface area (Å²) in [5.41, 5.74) is 2.93. The van der Waals surface area contributed by atoms with E-state index in [9.17, 15) is 9.59 Å². The van der Waals surface area contributed by atoms with Crippen LogP contribution in [0.5, 0.6) is 0 Å². The molecule has 0 radical (unpaired) electrons. The van der Waals surface area contributed by atoms with Crippen molar-refractivity contribution in [2.45, 2.75) is 39.2 Å². The van der Waals surface area contributed by atoms with Gasteiger partial charge in [0.1, 0.15) is 5.60 Å². The molecule has 4 nitrogen and oxygen atoms in total. The van der Waals surface area contributed by atoms with E-state index >= 15 is 0 Å². The first kappa shape index (κ1) is 17.2. The topological polar surface area (TPSA) is 46.6 Å². The highest BCUT2D eigenvalue weighted by atomic mass is 16.6. The van der Waals surface area contributed by atoms with Crippen molar-refractivity contribution < 1.29 is 14.3 Å². The lowest BCUT2D eigenvalue weighted by molar-refractivity contribution is 0.0577. The molecule has 1 aliphatic rings. The van der Waals surface area contributed by atoms with Crippen LogP contribution in [0.3, 0.4) is 0 Å². The Morgan fingerprint density at radius 3 is 2.48 bits per heavy atom. The molecule has 0 aliphatic carbocycles. The van der Waals surface area contributed by atoms with Gasteiger partial charge in [-0.15, -0.1) is 0 Å². The lowest BCUT2D eigenvalue weighted by Gasteiger charge is -2.31. The van der Waals surface area contributed by atoms with Crippen LogP contribution < -0.4 is 4.90 Å². The monoisotopic (exact) mass is 337 g/mol. The minimum atomic E-state index is -0.564. The molecule has 0 spiro atoms. The Bertz CT molecular complexity index is 791. The van der Waals surface area contributed by atoms with Gasteiger partial charge in [-0.3, -0.25) is 9.69 Å². The molecule has 4 heteroatoms. The number of ketones is 1. The molecule has 2 aromatic rings. The number of anilines is 1. The summed E-state index contributed by atoms with van der Waals surface area (Å²) in [5.74, 6) is 0.0738. The average Bonchev–Trinajstić information content (AvgIpc) is 2.55. The molecular weight excluding hydrogens is 314 g/mol. The maximum Gasteiger partial charge on any atom is 0.414 e. The second-order valence-corrected chi connectivity index (χ2v) is 7.32. The van der Waals surface area contributed by atoms with Gasteiger partial charge in [-0.1, -0.05) is 36.4 Å². The van der Waals surface area contributed by atoms with Crippen molar-refractivity contribution in [2.75, 3.05) is 11.4 Å². The molecule has 0 unspecified atom stereocenters. The molecule has 0 aromatic heterocycles. The van der Waals surface area contributed by atoms with Crippen LogP contribution in [-0.4, -0.2) is 24.0 Å². The first-order chi connectivity index (χ1) is 11.8. The molecule has 1 amide bonds. The molecule has 1 heterocycles.